The van der Waals surface area contributed by atoms with E-state index in [4.69, 9.17) is 14.9 Å². The van der Waals surface area contributed by atoms with Crippen LogP contribution >= 0.6 is 11.8 Å². The molecule has 7 heteroatoms. The Balaban J connectivity index is 2.14. The van der Waals surface area contributed by atoms with Crippen LogP contribution in [0.4, 0.5) is 5.69 Å². The monoisotopic (exact) mass is 362 g/mol. The van der Waals surface area contributed by atoms with Crippen LogP contribution in [0, 0.1) is 6.92 Å². The molecule has 134 valence electrons. The standard InChI is InChI=1S/C18H22N2O4S/c1-11-4-5-12(13(19)10-11)15-6-7-16(24-15)17(21)20-14(8-9-25-3)18(22)23-2/h4-7,10,14H,8-9,19H2,1-3H3,(H,20,21). The van der Waals surface area contributed by atoms with Crippen molar-refractivity contribution in [2.24, 2.45) is 0 Å². The van der Waals surface area contributed by atoms with Crippen molar-refractivity contribution in [1.29, 1.82) is 0 Å². The predicted octanol–water partition coefficient (Wildman–Crippen LogP) is 2.86. The number of thioether (sulfide) groups is 1. The van der Waals surface area contributed by atoms with Gasteiger partial charge in [-0.2, -0.15) is 11.8 Å². The zero-order chi connectivity index (χ0) is 18.4. The number of carbonyl (C=O) groups is 2. The van der Waals surface area contributed by atoms with Gasteiger partial charge in [0.05, 0.1) is 7.11 Å². The van der Waals surface area contributed by atoms with Gasteiger partial charge in [-0.05, 0) is 55.2 Å². The molecular formula is C18H22N2O4S. The highest BCUT2D eigenvalue weighted by Crippen LogP contribution is 2.28. The SMILES string of the molecule is COC(=O)C(CCSC)NC(=O)c1ccc(-c2ccc(C)cc2N)o1. The fourth-order valence-corrected chi connectivity index (χ4v) is 2.84. The van der Waals surface area contributed by atoms with Gasteiger partial charge in [-0.15, -0.1) is 0 Å². The molecule has 0 bridgehead atoms. The van der Waals surface area contributed by atoms with Gasteiger partial charge >= 0.3 is 5.97 Å². The Morgan fingerprint density at radius 2 is 2.08 bits per heavy atom. The largest absolute Gasteiger partial charge is 0.467 e. The highest BCUT2D eigenvalue weighted by atomic mass is 32.2. The number of nitrogen functional groups attached to an aromatic ring is 1. The van der Waals surface area contributed by atoms with E-state index in [1.807, 2.05) is 31.4 Å². The number of hydrogen-bond acceptors (Lipinski definition) is 6. The van der Waals surface area contributed by atoms with Crippen molar-refractivity contribution in [3.05, 3.63) is 41.7 Å². The first kappa shape index (κ1) is 18.9. The molecular weight excluding hydrogens is 340 g/mol. The van der Waals surface area contributed by atoms with Gasteiger partial charge in [0.2, 0.25) is 0 Å². The van der Waals surface area contributed by atoms with Crippen molar-refractivity contribution in [2.45, 2.75) is 19.4 Å². The summed E-state index contributed by atoms with van der Waals surface area (Å²) in [6.45, 7) is 1.95. The molecule has 2 rings (SSSR count). The lowest BCUT2D eigenvalue weighted by Gasteiger charge is -2.15. The van der Waals surface area contributed by atoms with Crippen molar-refractivity contribution in [2.75, 3.05) is 24.9 Å². The van der Waals surface area contributed by atoms with E-state index in [2.05, 4.69) is 5.32 Å². The van der Waals surface area contributed by atoms with E-state index in [0.717, 1.165) is 16.9 Å². The first-order chi connectivity index (χ1) is 12.0. The van der Waals surface area contributed by atoms with Crippen molar-refractivity contribution < 1.29 is 18.7 Å². The molecule has 1 amide bonds. The third-order valence-electron chi connectivity index (χ3n) is 3.70. The Morgan fingerprint density at radius 3 is 2.72 bits per heavy atom. The number of nitrogens with one attached hydrogen (secondary N) is 1. The number of anilines is 1. The van der Waals surface area contributed by atoms with Crippen LogP contribution in [-0.4, -0.2) is 37.0 Å². The second-order valence-electron chi connectivity index (χ2n) is 5.59. The molecule has 0 aliphatic rings. The van der Waals surface area contributed by atoms with Gasteiger partial charge in [0.1, 0.15) is 11.8 Å². The lowest BCUT2D eigenvalue weighted by atomic mass is 10.1. The Kier molecular flexibility index (Phi) is 6.52. The number of benzene rings is 1. The van der Waals surface area contributed by atoms with Crippen molar-refractivity contribution >= 4 is 29.3 Å². The van der Waals surface area contributed by atoms with Crippen LogP contribution in [0.5, 0.6) is 0 Å². The quantitative estimate of drug-likeness (QED) is 0.581. The van der Waals surface area contributed by atoms with Crippen molar-refractivity contribution in [3.63, 3.8) is 0 Å². The average Bonchev–Trinajstić information content (AvgIpc) is 3.07. The Hall–Kier alpha value is -2.41. The number of methoxy groups -OCH3 is 1. The van der Waals surface area contributed by atoms with Gasteiger partial charge in [0, 0.05) is 11.3 Å². The van der Waals surface area contributed by atoms with Crippen molar-refractivity contribution in [1.82, 2.24) is 5.32 Å². The van der Waals surface area contributed by atoms with Crippen molar-refractivity contribution in [3.8, 4) is 11.3 Å². The lowest BCUT2D eigenvalue weighted by Crippen LogP contribution is -2.41. The number of esters is 1. The second-order valence-corrected chi connectivity index (χ2v) is 6.57. The third kappa shape index (κ3) is 4.79. The Morgan fingerprint density at radius 1 is 1.32 bits per heavy atom. The molecule has 6 nitrogen and oxygen atoms in total. The maximum Gasteiger partial charge on any atom is 0.328 e. The van der Waals surface area contributed by atoms with Crippen LogP contribution in [0.2, 0.25) is 0 Å². The summed E-state index contributed by atoms with van der Waals surface area (Å²) >= 11 is 1.59. The summed E-state index contributed by atoms with van der Waals surface area (Å²) in [4.78, 5) is 24.2. The van der Waals surface area contributed by atoms with Crippen LogP contribution in [0.25, 0.3) is 11.3 Å². The molecule has 1 aromatic heterocycles. The van der Waals surface area contributed by atoms with E-state index in [-0.39, 0.29) is 5.76 Å². The number of hydrogen-bond donors (Lipinski definition) is 2. The number of aryl methyl sites for hydroxylation is 1. The topological polar surface area (TPSA) is 94.6 Å². The zero-order valence-electron chi connectivity index (χ0n) is 14.5. The van der Waals surface area contributed by atoms with E-state index < -0.39 is 17.9 Å². The second kappa shape index (κ2) is 8.62. The predicted molar refractivity (Wildman–Crippen MR) is 99.6 cm³/mol. The van der Waals surface area contributed by atoms with Crippen LogP contribution in [-0.2, 0) is 9.53 Å². The van der Waals surface area contributed by atoms with Gasteiger partial charge in [-0.1, -0.05) is 6.07 Å². The van der Waals surface area contributed by atoms with Crippen LogP contribution in [0.15, 0.2) is 34.7 Å². The van der Waals surface area contributed by atoms with E-state index in [0.29, 0.717) is 17.9 Å². The molecule has 1 unspecified atom stereocenters. The molecule has 0 radical (unpaired) electrons. The highest BCUT2D eigenvalue weighted by molar-refractivity contribution is 7.98. The third-order valence-corrected chi connectivity index (χ3v) is 4.35. The molecule has 3 N–H and O–H groups in total. The molecule has 0 aliphatic carbocycles. The summed E-state index contributed by atoms with van der Waals surface area (Å²) in [5.41, 5.74) is 8.35. The minimum Gasteiger partial charge on any atom is -0.467 e. The molecule has 0 fully saturated rings. The van der Waals surface area contributed by atoms with E-state index in [9.17, 15) is 9.59 Å². The number of rotatable bonds is 7. The number of carbonyl (C=O) groups excluding carboxylic acids is 2. The van der Waals surface area contributed by atoms with Gasteiger partial charge < -0.3 is 20.2 Å². The van der Waals surface area contributed by atoms with E-state index >= 15 is 0 Å². The highest BCUT2D eigenvalue weighted by Gasteiger charge is 2.23. The van der Waals surface area contributed by atoms with Gasteiger partial charge in [0.15, 0.2) is 5.76 Å². The van der Waals surface area contributed by atoms with E-state index in [1.165, 1.54) is 7.11 Å². The summed E-state index contributed by atoms with van der Waals surface area (Å²) in [6.07, 6.45) is 2.42. The lowest BCUT2D eigenvalue weighted by molar-refractivity contribution is -0.142. The van der Waals surface area contributed by atoms with Crippen LogP contribution in [0.3, 0.4) is 0 Å². The molecule has 1 aromatic carbocycles. The summed E-state index contributed by atoms with van der Waals surface area (Å²) in [6, 6.07) is 8.15. The summed E-state index contributed by atoms with van der Waals surface area (Å²) < 4.78 is 10.4. The van der Waals surface area contributed by atoms with Gasteiger partial charge in [-0.3, -0.25) is 4.79 Å². The fourth-order valence-electron chi connectivity index (χ4n) is 2.37. The zero-order valence-corrected chi connectivity index (χ0v) is 15.3. The number of amides is 1. The van der Waals surface area contributed by atoms with E-state index in [1.54, 1.807) is 23.9 Å². The molecule has 0 saturated carbocycles. The first-order valence-corrected chi connectivity index (χ1v) is 9.19. The molecule has 2 aromatic rings. The van der Waals surface area contributed by atoms with Crippen LogP contribution < -0.4 is 11.1 Å². The summed E-state index contributed by atoms with van der Waals surface area (Å²) in [7, 11) is 1.30. The Bertz CT molecular complexity index is 757. The number of furan rings is 1. The summed E-state index contributed by atoms with van der Waals surface area (Å²) in [5, 5.41) is 2.66. The smallest absolute Gasteiger partial charge is 0.328 e. The normalized spacial score (nSPS) is 11.8. The Labute approximate surface area is 151 Å². The van der Waals surface area contributed by atoms with Gasteiger partial charge in [0.25, 0.3) is 5.91 Å². The minimum absolute atomic E-state index is 0.119. The molecule has 25 heavy (non-hydrogen) atoms. The maximum atomic E-state index is 12.4. The number of nitrogens with two attached hydrogens (primary N) is 1. The first-order valence-electron chi connectivity index (χ1n) is 7.80. The average molecular weight is 362 g/mol. The summed E-state index contributed by atoms with van der Waals surface area (Å²) in [5.74, 6) is 0.406. The molecule has 0 aliphatic heterocycles. The molecule has 0 saturated heterocycles. The maximum absolute atomic E-state index is 12.4. The molecule has 0 spiro atoms. The fraction of sp³-hybridized carbons (Fsp3) is 0.333. The number of ether oxygens (including phenoxy) is 1. The molecule has 1 atom stereocenters. The minimum atomic E-state index is -0.706. The van der Waals surface area contributed by atoms with Gasteiger partial charge in [-0.25, -0.2) is 4.79 Å². The molecule has 1 heterocycles. The van der Waals surface area contributed by atoms with Crippen LogP contribution in [0.1, 0.15) is 22.5 Å².